The van der Waals surface area contributed by atoms with Crippen LogP contribution in [0.1, 0.15) is 19.3 Å². The summed E-state index contributed by atoms with van der Waals surface area (Å²) in [6.45, 7) is 2.00. The van der Waals surface area contributed by atoms with Crippen LogP contribution in [0.15, 0.2) is 12.7 Å². The van der Waals surface area contributed by atoms with Gasteiger partial charge in [0.05, 0.1) is 0 Å². The molecule has 110 valence electrons. The Hall–Kier alpha value is -1.60. The number of hydrogen-bond acceptors (Lipinski definition) is 3. The van der Waals surface area contributed by atoms with Gasteiger partial charge in [-0.25, -0.2) is 8.78 Å². The van der Waals surface area contributed by atoms with E-state index in [-0.39, 0.29) is 31.7 Å². The Morgan fingerprint density at radius 3 is 2.47 bits per heavy atom. The highest BCUT2D eigenvalue weighted by molar-refractivity contribution is 5.77. The van der Waals surface area contributed by atoms with E-state index < -0.39 is 24.9 Å². The quantitative estimate of drug-likeness (QED) is 0.400. The molecule has 19 heavy (non-hydrogen) atoms. The second-order valence-corrected chi connectivity index (χ2v) is 3.67. The minimum atomic E-state index is -4.35. The number of amides is 1. The predicted molar refractivity (Wildman–Crippen MR) is 59.0 cm³/mol. The third-order valence-corrected chi connectivity index (χ3v) is 1.97. The Balaban J connectivity index is 3.76. The molecule has 0 rings (SSSR count). The zero-order valence-electron chi connectivity index (χ0n) is 10.1. The second kappa shape index (κ2) is 8.49. The lowest BCUT2D eigenvalue weighted by Crippen LogP contribution is -2.33. The summed E-state index contributed by atoms with van der Waals surface area (Å²) in [5, 5.41) is 2.45. The molecule has 0 spiro atoms. The van der Waals surface area contributed by atoms with E-state index in [9.17, 15) is 27.2 Å². The van der Waals surface area contributed by atoms with E-state index in [0.29, 0.717) is 0 Å². The highest BCUT2D eigenvalue weighted by atomic mass is 19.3. The van der Waals surface area contributed by atoms with Gasteiger partial charge in [-0.2, -0.15) is 8.78 Å². The van der Waals surface area contributed by atoms with Crippen molar-refractivity contribution >= 4 is 11.9 Å². The molecule has 8 heteroatoms. The standard InChI is InChI=1S/C11H15F4NO3/c1-2-6-16-8(17)4-3-5-9(18)19-7-11(14,15)10(12)13/h2,10H,1,3-7H2,(H,16,17). The summed E-state index contributed by atoms with van der Waals surface area (Å²) in [6, 6.07) is 0. The molecule has 4 nitrogen and oxygen atoms in total. The molecule has 0 fully saturated rings. The lowest BCUT2D eigenvalue weighted by atomic mass is 10.2. The fourth-order valence-electron chi connectivity index (χ4n) is 0.980. The van der Waals surface area contributed by atoms with Crippen molar-refractivity contribution in [2.75, 3.05) is 13.2 Å². The molecule has 1 N–H and O–H groups in total. The first-order valence-corrected chi connectivity index (χ1v) is 5.48. The maximum absolute atomic E-state index is 12.4. The number of halogens is 4. The zero-order valence-corrected chi connectivity index (χ0v) is 10.1. The number of rotatable bonds is 9. The Morgan fingerprint density at radius 2 is 1.95 bits per heavy atom. The third-order valence-electron chi connectivity index (χ3n) is 1.97. The molecule has 0 heterocycles. The Kier molecular flexibility index (Phi) is 7.78. The maximum atomic E-state index is 12.4. The minimum absolute atomic E-state index is 0.00812. The van der Waals surface area contributed by atoms with Crippen LogP contribution in [0.3, 0.4) is 0 Å². The van der Waals surface area contributed by atoms with Gasteiger partial charge in [-0.05, 0) is 6.42 Å². The molecule has 1 amide bonds. The SMILES string of the molecule is C=CCNC(=O)CCCC(=O)OCC(F)(F)C(F)F. The van der Waals surface area contributed by atoms with Gasteiger partial charge in [0.25, 0.3) is 0 Å². The lowest BCUT2D eigenvalue weighted by Gasteiger charge is -2.14. The summed E-state index contributed by atoms with van der Waals surface area (Å²) in [5.74, 6) is -5.72. The van der Waals surface area contributed by atoms with Crippen LogP contribution in [0.5, 0.6) is 0 Å². The van der Waals surface area contributed by atoms with E-state index in [4.69, 9.17) is 0 Å². The van der Waals surface area contributed by atoms with Crippen LogP contribution < -0.4 is 5.32 Å². The molecule has 0 aromatic heterocycles. The number of ether oxygens (including phenoxy) is 1. The highest BCUT2D eigenvalue weighted by Crippen LogP contribution is 2.23. The summed E-state index contributed by atoms with van der Waals surface area (Å²) in [7, 11) is 0. The Labute approximate surface area is 107 Å². The van der Waals surface area contributed by atoms with Gasteiger partial charge >= 0.3 is 18.3 Å². The Bertz CT molecular complexity index is 321. The molecule has 0 saturated carbocycles. The molecule has 0 unspecified atom stereocenters. The first-order valence-electron chi connectivity index (χ1n) is 5.48. The van der Waals surface area contributed by atoms with Crippen LogP contribution in [-0.4, -0.2) is 37.4 Å². The molecule has 0 aliphatic carbocycles. The number of hydrogen-bond donors (Lipinski definition) is 1. The van der Waals surface area contributed by atoms with Gasteiger partial charge in [0.15, 0.2) is 6.61 Å². The van der Waals surface area contributed by atoms with E-state index in [2.05, 4.69) is 16.6 Å². The zero-order chi connectivity index (χ0) is 14.9. The van der Waals surface area contributed by atoms with Gasteiger partial charge in [-0.3, -0.25) is 9.59 Å². The van der Waals surface area contributed by atoms with Crippen molar-refractivity contribution < 1.29 is 31.9 Å². The van der Waals surface area contributed by atoms with Crippen LogP contribution in [0.4, 0.5) is 17.6 Å². The molecule has 0 aliphatic rings. The topological polar surface area (TPSA) is 55.4 Å². The maximum Gasteiger partial charge on any atom is 0.340 e. The first-order chi connectivity index (χ1) is 8.79. The van der Waals surface area contributed by atoms with E-state index in [0.717, 1.165) is 0 Å². The molecular weight excluding hydrogens is 270 g/mol. The lowest BCUT2D eigenvalue weighted by molar-refractivity contribution is -0.179. The monoisotopic (exact) mass is 285 g/mol. The normalized spacial score (nSPS) is 11.2. The summed E-state index contributed by atoms with van der Waals surface area (Å²) < 4.78 is 52.3. The molecule has 0 aromatic rings. The number of alkyl halides is 4. The van der Waals surface area contributed by atoms with Crippen LogP contribution in [0.25, 0.3) is 0 Å². The molecule has 0 atom stereocenters. The number of nitrogens with one attached hydrogen (secondary N) is 1. The van der Waals surface area contributed by atoms with Gasteiger partial charge in [0, 0.05) is 19.4 Å². The molecule has 0 saturated heterocycles. The van der Waals surface area contributed by atoms with Crippen molar-refractivity contribution in [1.29, 1.82) is 0 Å². The fraction of sp³-hybridized carbons (Fsp3) is 0.636. The molecular formula is C11H15F4NO3. The van der Waals surface area contributed by atoms with Gasteiger partial charge in [-0.15, -0.1) is 6.58 Å². The van der Waals surface area contributed by atoms with Crippen LogP contribution in [-0.2, 0) is 14.3 Å². The smallest absolute Gasteiger partial charge is 0.340 e. The number of carbonyl (C=O) groups is 2. The van der Waals surface area contributed by atoms with E-state index in [1.807, 2.05) is 0 Å². The average molecular weight is 285 g/mol. The van der Waals surface area contributed by atoms with Crippen molar-refractivity contribution in [3.8, 4) is 0 Å². The van der Waals surface area contributed by atoms with E-state index in [1.54, 1.807) is 0 Å². The van der Waals surface area contributed by atoms with Gasteiger partial charge in [-0.1, -0.05) is 6.08 Å². The van der Waals surface area contributed by atoms with E-state index in [1.165, 1.54) is 6.08 Å². The third kappa shape index (κ3) is 8.17. The van der Waals surface area contributed by atoms with Crippen molar-refractivity contribution in [3.63, 3.8) is 0 Å². The van der Waals surface area contributed by atoms with Crippen LogP contribution in [0, 0.1) is 0 Å². The second-order valence-electron chi connectivity index (χ2n) is 3.67. The molecule has 0 radical (unpaired) electrons. The van der Waals surface area contributed by atoms with Crippen LogP contribution in [0.2, 0.25) is 0 Å². The number of esters is 1. The van der Waals surface area contributed by atoms with Crippen molar-refractivity contribution in [1.82, 2.24) is 5.32 Å². The molecule has 0 aromatic carbocycles. The summed E-state index contributed by atoms with van der Waals surface area (Å²) in [4.78, 5) is 22.0. The van der Waals surface area contributed by atoms with Gasteiger partial charge in [0.1, 0.15) is 0 Å². The van der Waals surface area contributed by atoms with E-state index >= 15 is 0 Å². The predicted octanol–water partition coefficient (Wildman–Crippen LogP) is 1.90. The fourth-order valence-corrected chi connectivity index (χ4v) is 0.980. The highest BCUT2D eigenvalue weighted by Gasteiger charge is 2.42. The summed E-state index contributed by atoms with van der Waals surface area (Å²) in [6.07, 6.45) is -2.61. The number of carbonyl (C=O) groups excluding carboxylic acids is 2. The largest absolute Gasteiger partial charge is 0.459 e. The first kappa shape index (κ1) is 17.4. The van der Waals surface area contributed by atoms with Gasteiger partial charge in [0.2, 0.25) is 5.91 Å². The molecule has 0 bridgehead atoms. The summed E-state index contributed by atoms with van der Waals surface area (Å²) >= 11 is 0. The molecule has 0 aliphatic heterocycles. The summed E-state index contributed by atoms with van der Waals surface area (Å²) in [5.41, 5.74) is 0. The average Bonchev–Trinajstić information content (AvgIpc) is 2.33. The minimum Gasteiger partial charge on any atom is -0.459 e. The van der Waals surface area contributed by atoms with Crippen molar-refractivity contribution in [2.24, 2.45) is 0 Å². The Morgan fingerprint density at radius 1 is 1.32 bits per heavy atom. The van der Waals surface area contributed by atoms with Crippen molar-refractivity contribution in [3.05, 3.63) is 12.7 Å². The van der Waals surface area contributed by atoms with Crippen LogP contribution >= 0.6 is 0 Å². The van der Waals surface area contributed by atoms with Crippen molar-refractivity contribution in [2.45, 2.75) is 31.6 Å². The van der Waals surface area contributed by atoms with Gasteiger partial charge < -0.3 is 10.1 Å².